The van der Waals surface area contributed by atoms with Gasteiger partial charge >= 0.3 is 12.1 Å². The van der Waals surface area contributed by atoms with E-state index in [0.717, 1.165) is 23.3 Å². The number of unbranched alkanes of at least 4 members (excludes halogenated alkanes) is 2. The number of fused-ring (bicyclic) bond motifs is 2. The zero-order valence-corrected chi connectivity index (χ0v) is 28.6. The third kappa shape index (κ3) is 9.71. The number of hydrogen-bond acceptors (Lipinski definition) is 8. The van der Waals surface area contributed by atoms with Gasteiger partial charge in [0.1, 0.15) is 17.9 Å². The van der Waals surface area contributed by atoms with Crippen LogP contribution in [0.3, 0.4) is 0 Å². The smallest absolute Gasteiger partial charge is 0.407 e. The number of rotatable bonds is 10. The Balaban J connectivity index is 0.00000265. The summed E-state index contributed by atoms with van der Waals surface area (Å²) >= 11 is 0. The van der Waals surface area contributed by atoms with Gasteiger partial charge in [0.15, 0.2) is 11.6 Å². The summed E-state index contributed by atoms with van der Waals surface area (Å²) in [4.78, 5) is 48.1. The minimum Gasteiger partial charge on any atom is -0.461 e. The number of alkyl carbamates (subject to hydrolysis) is 1. The fourth-order valence-corrected chi connectivity index (χ4v) is 5.39. The van der Waals surface area contributed by atoms with Gasteiger partial charge in [-0.25, -0.2) is 23.5 Å². The largest absolute Gasteiger partial charge is 0.461 e. The van der Waals surface area contributed by atoms with E-state index in [-0.39, 0.29) is 41.7 Å². The third-order valence-corrected chi connectivity index (χ3v) is 7.62. The molecule has 2 heterocycles. The van der Waals surface area contributed by atoms with Crippen molar-refractivity contribution in [1.82, 2.24) is 20.2 Å². The number of nitrogens with two attached hydrogens (primary N) is 1. The number of benzene rings is 3. The molecular formula is C37H43F2N5O5. The number of aromatic nitrogens is 2. The van der Waals surface area contributed by atoms with E-state index in [0.29, 0.717) is 55.4 Å². The number of anilines is 1. The highest BCUT2D eigenvalue weighted by Gasteiger charge is 2.27. The van der Waals surface area contributed by atoms with E-state index in [1.54, 1.807) is 43.9 Å². The lowest BCUT2D eigenvalue weighted by molar-refractivity contribution is -0.145. The summed E-state index contributed by atoms with van der Waals surface area (Å²) in [5, 5.41) is 3.06. The molecule has 260 valence electrons. The van der Waals surface area contributed by atoms with Gasteiger partial charge < -0.3 is 25.4 Å². The van der Waals surface area contributed by atoms with Crippen LogP contribution in [0.5, 0.6) is 0 Å². The average molecular weight is 676 g/mol. The van der Waals surface area contributed by atoms with Crippen LogP contribution in [0.25, 0.3) is 22.0 Å². The average Bonchev–Trinajstić information content (AvgIpc) is 3.50. The van der Waals surface area contributed by atoms with E-state index in [1.165, 1.54) is 0 Å². The predicted octanol–water partition coefficient (Wildman–Crippen LogP) is 7.47. The van der Waals surface area contributed by atoms with Crippen molar-refractivity contribution in [2.75, 3.05) is 12.3 Å². The molecule has 3 aromatic carbocycles. The second-order valence-electron chi connectivity index (χ2n) is 12.4. The highest BCUT2D eigenvalue weighted by Crippen LogP contribution is 2.32. The second kappa shape index (κ2) is 16.3. The van der Waals surface area contributed by atoms with Gasteiger partial charge in [-0.2, -0.15) is 0 Å². The van der Waals surface area contributed by atoms with E-state index in [9.17, 15) is 23.2 Å². The molecule has 5 rings (SSSR count). The topological polar surface area (TPSA) is 137 Å². The number of nitrogens with zero attached hydrogens (tertiary/aromatic N) is 3. The Morgan fingerprint density at radius 3 is 2.27 bits per heavy atom. The van der Waals surface area contributed by atoms with Crippen molar-refractivity contribution in [3.8, 4) is 11.1 Å². The fraction of sp³-hybridized carbons (Fsp3) is 0.378. The molecule has 0 atom stereocenters. The molecule has 0 spiro atoms. The van der Waals surface area contributed by atoms with Crippen molar-refractivity contribution < 1.29 is 32.6 Å². The third-order valence-electron chi connectivity index (χ3n) is 7.62. The van der Waals surface area contributed by atoms with Crippen molar-refractivity contribution >= 4 is 34.8 Å². The van der Waals surface area contributed by atoms with Gasteiger partial charge in [0.25, 0.3) is 5.91 Å². The number of hydrogen-bond donors (Lipinski definition) is 2. The number of halogens is 2. The Hall–Kier alpha value is -5.13. The molecule has 1 aromatic heterocycles. The van der Waals surface area contributed by atoms with E-state index >= 15 is 0 Å². The summed E-state index contributed by atoms with van der Waals surface area (Å²) < 4.78 is 39.5. The van der Waals surface area contributed by atoms with E-state index < -0.39 is 29.3 Å². The monoisotopic (exact) mass is 675 g/mol. The quantitative estimate of drug-likeness (QED) is 0.131. The Kier molecular flexibility index (Phi) is 12.2. The summed E-state index contributed by atoms with van der Waals surface area (Å²) in [6, 6.07) is 14.7. The van der Waals surface area contributed by atoms with Gasteiger partial charge in [0.2, 0.25) is 5.95 Å². The molecule has 1 aliphatic heterocycles. The molecule has 0 bridgehead atoms. The van der Waals surface area contributed by atoms with Crippen molar-refractivity contribution in [3.63, 3.8) is 0 Å². The first kappa shape index (κ1) is 36.7. The SMILES string of the molecule is CC.CC(C)(C)OC(=O)NCCCCCC(=O)OCc1cc(F)c(F)cc1-c1ccc2nc(N)nc(C(=O)N3Cc4ccccc4C3)c2c1. The minimum atomic E-state index is -1.08. The number of nitrogen functional groups attached to an aromatic ring is 1. The van der Waals surface area contributed by atoms with Crippen LogP contribution in [-0.4, -0.2) is 45.0 Å². The number of carbonyl (C=O) groups excluding carboxylic acids is 3. The first-order valence-electron chi connectivity index (χ1n) is 16.4. The molecule has 0 radical (unpaired) electrons. The minimum absolute atomic E-state index is 0.0648. The second-order valence-corrected chi connectivity index (χ2v) is 12.4. The zero-order chi connectivity index (χ0) is 35.7. The van der Waals surface area contributed by atoms with Gasteiger partial charge in [-0.05, 0) is 80.1 Å². The van der Waals surface area contributed by atoms with Gasteiger partial charge in [-0.1, -0.05) is 50.6 Å². The summed E-state index contributed by atoms with van der Waals surface area (Å²) in [6.07, 6.45) is 1.45. The van der Waals surface area contributed by atoms with Crippen molar-refractivity contribution in [1.29, 1.82) is 0 Å². The van der Waals surface area contributed by atoms with Crippen LogP contribution in [0.4, 0.5) is 19.5 Å². The first-order valence-corrected chi connectivity index (χ1v) is 16.4. The number of amides is 2. The molecule has 1 aliphatic rings. The van der Waals surface area contributed by atoms with Crippen LogP contribution in [0.1, 0.15) is 87.5 Å². The van der Waals surface area contributed by atoms with Crippen LogP contribution >= 0.6 is 0 Å². The number of esters is 1. The predicted molar refractivity (Wildman–Crippen MR) is 183 cm³/mol. The Bertz CT molecular complexity index is 1800. The van der Waals surface area contributed by atoms with Crippen LogP contribution in [0.15, 0.2) is 54.6 Å². The molecule has 4 aromatic rings. The first-order chi connectivity index (χ1) is 23.4. The lowest BCUT2D eigenvalue weighted by Gasteiger charge is -2.19. The molecule has 10 nitrogen and oxygen atoms in total. The van der Waals surface area contributed by atoms with Crippen LogP contribution in [0.2, 0.25) is 0 Å². The molecule has 49 heavy (non-hydrogen) atoms. The van der Waals surface area contributed by atoms with E-state index in [4.69, 9.17) is 15.2 Å². The summed E-state index contributed by atoms with van der Waals surface area (Å²) in [5.74, 6) is -3.06. The van der Waals surface area contributed by atoms with Crippen molar-refractivity contribution in [2.24, 2.45) is 0 Å². The molecule has 12 heteroatoms. The molecule has 3 N–H and O–H groups in total. The molecule has 0 saturated heterocycles. The van der Waals surface area contributed by atoms with E-state index in [2.05, 4.69) is 15.3 Å². The molecule has 0 fully saturated rings. The standard InChI is InChI=1S/C35H37F2N5O5.C2H6/c1-35(2,3)47-34(45)39-14-8-4-5-11-30(43)46-20-24-16-27(36)28(37)17-25(24)21-12-13-29-26(15-21)31(41-33(38)40-29)32(44)42-18-22-9-6-7-10-23(22)19-42;1-2/h6-7,9-10,12-13,15-17H,4-5,8,11,14,18-20H2,1-3H3,(H,39,45)(H2,38,40,41);1-2H3. The van der Waals surface area contributed by atoms with Gasteiger partial charge in [0.05, 0.1) is 5.52 Å². The molecule has 0 saturated carbocycles. The van der Waals surface area contributed by atoms with E-state index in [1.807, 2.05) is 38.1 Å². The Morgan fingerprint density at radius 2 is 1.59 bits per heavy atom. The number of carbonyl (C=O) groups is 3. The Labute approximate surface area is 285 Å². The molecular weight excluding hydrogens is 632 g/mol. The maximum atomic E-state index is 14.5. The lowest BCUT2D eigenvalue weighted by Crippen LogP contribution is -2.32. The van der Waals surface area contributed by atoms with Gasteiger partial charge in [0, 0.05) is 37.0 Å². The number of nitrogens with one attached hydrogen (secondary N) is 1. The maximum absolute atomic E-state index is 14.5. The molecule has 2 amide bonds. The van der Waals surface area contributed by atoms with Crippen molar-refractivity contribution in [3.05, 3.63) is 88.6 Å². The molecule has 0 unspecified atom stereocenters. The van der Waals surface area contributed by atoms with Crippen molar-refractivity contribution in [2.45, 2.75) is 85.6 Å². The fourth-order valence-electron chi connectivity index (χ4n) is 5.39. The number of ether oxygens (including phenoxy) is 2. The molecule has 0 aliphatic carbocycles. The van der Waals surface area contributed by atoms with Crippen LogP contribution < -0.4 is 11.1 Å². The van der Waals surface area contributed by atoms with Gasteiger partial charge in [-0.3, -0.25) is 9.59 Å². The summed E-state index contributed by atoms with van der Waals surface area (Å²) in [7, 11) is 0. The summed E-state index contributed by atoms with van der Waals surface area (Å²) in [6.45, 7) is 10.3. The highest BCUT2D eigenvalue weighted by molar-refractivity contribution is 6.06. The maximum Gasteiger partial charge on any atom is 0.407 e. The van der Waals surface area contributed by atoms with Crippen LogP contribution in [0, 0.1) is 11.6 Å². The highest BCUT2D eigenvalue weighted by atomic mass is 19.2. The van der Waals surface area contributed by atoms with Crippen LogP contribution in [-0.2, 0) is 34.0 Å². The Morgan fingerprint density at radius 1 is 0.918 bits per heavy atom. The van der Waals surface area contributed by atoms with Gasteiger partial charge in [-0.15, -0.1) is 0 Å². The summed E-state index contributed by atoms with van der Waals surface area (Å²) in [5.41, 5.74) is 8.97. The lowest BCUT2D eigenvalue weighted by atomic mass is 9.97. The normalized spacial score (nSPS) is 12.2. The zero-order valence-electron chi connectivity index (χ0n) is 28.6.